The number of benzene rings is 1. The summed E-state index contributed by atoms with van der Waals surface area (Å²) in [5.41, 5.74) is 1.74. The zero-order valence-corrected chi connectivity index (χ0v) is 12.8. The van der Waals surface area contributed by atoms with Gasteiger partial charge in [-0.15, -0.1) is 0 Å². The van der Waals surface area contributed by atoms with Crippen molar-refractivity contribution in [3.05, 3.63) is 71.8 Å². The standard InChI is InChI=1S/C17H13F2N3O3/c18-17(19)25-15-10-20-14(16(23)24)9-12(15)8-11-2-4-13(5-3-11)22-7-1-6-21-22/h1-7,9-10,17H,8H2,(H,23,24). The number of nitrogens with zero attached hydrogens (tertiary/aromatic N) is 3. The molecule has 0 amide bonds. The summed E-state index contributed by atoms with van der Waals surface area (Å²) in [4.78, 5) is 14.7. The second-order valence-electron chi connectivity index (χ2n) is 5.15. The number of halogens is 2. The average molecular weight is 345 g/mol. The van der Waals surface area contributed by atoms with Crippen LogP contribution in [0.25, 0.3) is 5.69 Å². The van der Waals surface area contributed by atoms with E-state index >= 15 is 0 Å². The van der Waals surface area contributed by atoms with Crippen molar-refractivity contribution in [3.63, 3.8) is 0 Å². The average Bonchev–Trinajstić information content (AvgIpc) is 3.11. The van der Waals surface area contributed by atoms with Crippen LogP contribution in [0.5, 0.6) is 5.75 Å². The van der Waals surface area contributed by atoms with Crippen molar-refractivity contribution in [1.29, 1.82) is 0 Å². The van der Waals surface area contributed by atoms with E-state index in [1.807, 2.05) is 24.3 Å². The Morgan fingerprint density at radius 3 is 2.64 bits per heavy atom. The van der Waals surface area contributed by atoms with E-state index in [-0.39, 0.29) is 17.9 Å². The highest BCUT2D eigenvalue weighted by molar-refractivity contribution is 5.85. The Hall–Kier alpha value is -3.29. The van der Waals surface area contributed by atoms with Crippen LogP contribution in [-0.2, 0) is 6.42 Å². The van der Waals surface area contributed by atoms with Gasteiger partial charge in [0.05, 0.1) is 11.9 Å². The molecule has 0 aliphatic carbocycles. The van der Waals surface area contributed by atoms with Crippen LogP contribution in [0.2, 0.25) is 0 Å². The molecule has 0 bridgehead atoms. The molecule has 0 aliphatic heterocycles. The molecule has 2 heterocycles. The molecule has 128 valence electrons. The van der Waals surface area contributed by atoms with Gasteiger partial charge in [-0.3, -0.25) is 0 Å². The van der Waals surface area contributed by atoms with Gasteiger partial charge in [-0.2, -0.15) is 13.9 Å². The van der Waals surface area contributed by atoms with Gasteiger partial charge in [-0.25, -0.2) is 14.5 Å². The van der Waals surface area contributed by atoms with Gasteiger partial charge in [0.2, 0.25) is 0 Å². The maximum Gasteiger partial charge on any atom is 0.387 e. The van der Waals surface area contributed by atoms with Crippen molar-refractivity contribution < 1.29 is 23.4 Å². The molecule has 8 heteroatoms. The lowest BCUT2D eigenvalue weighted by atomic mass is 10.0. The van der Waals surface area contributed by atoms with Gasteiger partial charge in [-0.05, 0) is 29.8 Å². The van der Waals surface area contributed by atoms with E-state index in [4.69, 9.17) is 5.11 Å². The van der Waals surface area contributed by atoms with Crippen molar-refractivity contribution in [2.75, 3.05) is 0 Å². The molecule has 3 aromatic rings. The molecule has 0 radical (unpaired) electrons. The van der Waals surface area contributed by atoms with E-state index in [0.29, 0.717) is 5.56 Å². The number of carbonyl (C=O) groups is 1. The SMILES string of the molecule is O=C(O)c1cc(Cc2ccc(-n3cccn3)cc2)c(OC(F)F)cn1. The van der Waals surface area contributed by atoms with Gasteiger partial charge in [0.25, 0.3) is 0 Å². The van der Waals surface area contributed by atoms with E-state index in [1.165, 1.54) is 6.07 Å². The van der Waals surface area contributed by atoms with Crippen molar-refractivity contribution in [2.24, 2.45) is 0 Å². The van der Waals surface area contributed by atoms with E-state index in [0.717, 1.165) is 17.4 Å². The third-order valence-corrected chi connectivity index (χ3v) is 3.48. The molecule has 0 saturated heterocycles. The molecule has 0 saturated carbocycles. The Morgan fingerprint density at radius 2 is 2.04 bits per heavy atom. The smallest absolute Gasteiger partial charge is 0.387 e. The highest BCUT2D eigenvalue weighted by atomic mass is 19.3. The Bertz CT molecular complexity index is 865. The minimum Gasteiger partial charge on any atom is -0.477 e. The van der Waals surface area contributed by atoms with Crippen molar-refractivity contribution in [3.8, 4) is 11.4 Å². The van der Waals surface area contributed by atoms with Crippen molar-refractivity contribution >= 4 is 5.97 Å². The molecular weight excluding hydrogens is 332 g/mol. The minimum atomic E-state index is -3.02. The normalized spacial score (nSPS) is 10.8. The van der Waals surface area contributed by atoms with Gasteiger partial charge >= 0.3 is 12.6 Å². The third kappa shape index (κ3) is 3.97. The second kappa shape index (κ2) is 7.08. The summed E-state index contributed by atoms with van der Waals surface area (Å²) in [7, 11) is 0. The number of rotatable bonds is 6. The molecule has 1 aromatic carbocycles. The lowest BCUT2D eigenvalue weighted by Crippen LogP contribution is -2.08. The first-order valence-electron chi connectivity index (χ1n) is 7.29. The number of carboxylic acids is 1. The first kappa shape index (κ1) is 16.6. The van der Waals surface area contributed by atoms with Gasteiger partial charge < -0.3 is 9.84 Å². The maximum absolute atomic E-state index is 12.5. The third-order valence-electron chi connectivity index (χ3n) is 3.48. The Balaban J connectivity index is 1.87. The molecule has 0 atom stereocenters. The fourth-order valence-corrected chi connectivity index (χ4v) is 2.35. The first-order chi connectivity index (χ1) is 12.0. The number of hydrogen-bond acceptors (Lipinski definition) is 4. The Labute approximate surface area is 141 Å². The van der Waals surface area contributed by atoms with Crippen LogP contribution in [0.1, 0.15) is 21.6 Å². The first-order valence-corrected chi connectivity index (χ1v) is 7.29. The number of hydrogen-bond donors (Lipinski definition) is 1. The molecule has 0 aliphatic rings. The number of carboxylic acid groups (broad SMARTS) is 1. The molecule has 0 unspecified atom stereocenters. The monoisotopic (exact) mass is 345 g/mol. The molecule has 25 heavy (non-hydrogen) atoms. The molecule has 6 nitrogen and oxygen atoms in total. The number of ether oxygens (including phenoxy) is 1. The molecule has 1 N–H and O–H groups in total. The number of pyridine rings is 1. The van der Waals surface area contributed by atoms with E-state index < -0.39 is 12.6 Å². The molecule has 0 fully saturated rings. The number of aromatic nitrogens is 3. The Morgan fingerprint density at radius 1 is 1.28 bits per heavy atom. The predicted octanol–water partition coefficient (Wildman–Crippen LogP) is 3.16. The van der Waals surface area contributed by atoms with Crippen LogP contribution in [0.3, 0.4) is 0 Å². The zero-order chi connectivity index (χ0) is 17.8. The fourth-order valence-electron chi connectivity index (χ4n) is 2.35. The maximum atomic E-state index is 12.5. The summed E-state index contributed by atoms with van der Waals surface area (Å²) in [5, 5.41) is 13.1. The van der Waals surface area contributed by atoms with Gasteiger partial charge in [0.1, 0.15) is 11.4 Å². The number of aromatic carboxylic acids is 1. The topological polar surface area (TPSA) is 77.2 Å². The van der Waals surface area contributed by atoms with E-state index in [2.05, 4.69) is 14.8 Å². The van der Waals surface area contributed by atoms with E-state index in [1.54, 1.807) is 23.1 Å². The summed E-state index contributed by atoms with van der Waals surface area (Å²) in [6.45, 7) is -3.02. The summed E-state index contributed by atoms with van der Waals surface area (Å²) >= 11 is 0. The van der Waals surface area contributed by atoms with Gasteiger partial charge in [0, 0.05) is 24.4 Å². The highest BCUT2D eigenvalue weighted by Crippen LogP contribution is 2.24. The van der Waals surface area contributed by atoms with Crippen LogP contribution >= 0.6 is 0 Å². The summed E-state index contributed by atoms with van der Waals surface area (Å²) < 4.78 is 31.2. The van der Waals surface area contributed by atoms with Crippen molar-refractivity contribution in [2.45, 2.75) is 13.0 Å². The largest absolute Gasteiger partial charge is 0.477 e. The fraction of sp³-hybridized carbons (Fsp3) is 0.118. The molecule has 3 rings (SSSR count). The lowest BCUT2D eigenvalue weighted by molar-refractivity contribution is -0.0506. The van der Waals surface area contributed by atoms with Gasteiger partial charge in [0.15, 0.2) is 0 Å². The molecule has 2 aromatic heterocycles. The molecule has 0 spiro atoms. The van der Waals surface area contributed by atoms with Crippen LogP contribution < -0.4 is 4.74 Å². The highest BCUT2D eigenvalue weighted by Gasteiger charge is 2.15. The number of alkyl halides is 2. The minimum absolute atomic E-state index is 0.142. The summed E-state index contributed by atoms with van der Waals surface area (Å²) in [6.07, 6.45) is 4.69. The van der Waals surface area contributed by atoms with Crippen LogP contribution in [0, 0.1) is 0 Å². The lowest BCUT2D eigenvalue weighted by Gasteiger charge is -2.11. The molecular formula is C17H13F2N3O3. The van der Waals surface area contributed by atoms with Crippen molar-refractivity contribution in [1.82, 2.24) is 14.8 Å². The summed E-state index contributed by atoms with van der Waals surface area (Å²) in [5.74, 6) is -1.38. The van der Waals surface area contributed by atoms with Gasteiger partial charge in [-0.1, -0.05) is 12.1 Å². The van der Waals surface area contributed by atoms with E-state index in [9.17, 15) is 13.6 Å². The summed E-state index contributed by atoms with van der Waals surface area (Å²) in [6, 6.07) is 10.3. The quantitative estimate of drug-likeness (QED) is 0.742. The van der Waals surface area contributed by atoms with Crippen LogP contribution in [-0.4, -0.2) is 32.5 Å². The zero-order valence-electron chi connectivity index (χ0n) is 12.8. The second-order valence-corrected chi connectivity index (χ2v) is 5.15. The van der Waals surface area contributed by atoms with Crippen LogP contribution in [0.4, 0.5) is 8.78 Å². The predicted molar refractivity (Wildman–Crippen MR) is 84.2 cm³/mol. The van der Waals surface area contributed by atoms with Crippen LogP contribution in [0.15, 0.2) is 55.0 Å². The Kier molecular flexibility index (Phi) is 4.69.